The van der Waals surface area contributed by atoms with Crippen LogP contribution < -0.4 is 11.1 Å². The largest absolute Gasteiger partial charge is 0.383 e. The summed E-state index contributed by atoms with van der Waals surface area (Å²) in [5.41, 5.74) is 6.00. The Bertz CT molecular complexity index is 326. The molecule has 0 radical (unpaired) electrons. The zero-order valence-corrected chi connectivity index (χ0v) is 10.3. The highest BCUT2D eigenvalue weighted by Gasteiger charge is 2.00. The molecule has 0 atom stereocenters. The van der Waals surface area contributed by atoms with Crippen molar-refractivity contribution >= 4 is 23.4 Å². The number of hydrogen-bond acceptors (Lipinski definition) is 4. The number of amides is 1. The van der Waals surface area contributed by atoms with Crippen LogP contribution in [-0.4, -0.2) is 34.2 Å². The maximum atomic E-state index is 10.6. The van der Waals surface area contributed by atoms with Crippen molar-refractivity contribution in [2.75, 3.05) is 23.9 Å². The van der Waals surface area contributed by atoms with E-state index >= 15 is 0 Å². The molecule has 0 saturated heterocycles. The van der Waals surface area contributed by atoms with E-state index in [0.29, 0.717) is 0 Å². The van der Waals surface area contributed by atoms with Crippen LogP contribution in [0.3, 0.4) is 0 Å². The highest BCUT2D eigenvalue weighted by atomic mass is 32.2. The van der Waals surface area contributed by atoms with Crippen LogP contribution in [0.4, 0.5) is 5.69 Å². The number of carbonyl (C=O) groups excluding carboxylic acids is 1. The molecular formula is C10H18N4OS. The highest BCUT2D eigenvalue weighted by molar-refractivity contribution is 7.98. The zero-order chi connectivity index (χ0) is 11.8. The van der Waals surface area contributed by atoms with Crippen LogP contribution >= 0.6 is 11.8 Å². The lowest BCUT2D eigenvalue weighted by atomic mass is 10.3. The predicted molar refractivity (Wildman–Crippen MR) is 67.5 cm³/mol. The Kier molecular flexibility index (Phi) is 5.77. The van der Waals surface area contributed by atoms with Crippen molar-refractivity contribution in [1.29, 1.82) is 0 Å². The Morgan fingerprint density at radius 3 is 3.12 bits per heavy atom. The quantitative estimate of drug-likeness (QED) is 0.665. The van der Waals surface area contributed by atoms with E-state index in [1.807, 2.05) is 11.8 Å². The first-order chi connectivity index (χ1) is 7.72. The van der Waals surface area contributed by atoms with E-state index in [0.717, 1.165) is 18.7 Å². The lowest BCUT2D eigenvalue weighted by Crippen LogP contribution is -2.18. The number of primary amides is 1. The van der Waals surface area contributed by atoms with E-state index in [1.54, 1.807) is 12.4 Å². The number of aromatic nitrogens is 2. The van der Waals surface area contributed by atoms with Crippen molar-refractivity contribution in [2.45, 2.75) is 19.4 Å². The van der Waals surface area contributed by atoms with E-state index in [2.05, 4.69) is 16.7 Å². The monoisotopic (exact) mass is 242 g/mol. The molecule has 1 rings (SSSR count). The lowest BCUT2D eigenvalue weighted by Gasteiger charge is -2.02. The molecule has 0 bridgehead atoms. The van der Waals surface area contributed by atoms with Gasteiger partial charge in [0.15, 0.2) is 0 Å². The van der Waals surface area contributed by atoms with Gasteiger partial charge >= 0.3 is 0 Å². The van der Waals surface area contributed by atoms with Crippen LogP contribution in [0.2, 0.25) is 0 Å². The Morgan fingerprint density at radius 2 is 2.44 bits per heavy atom. The van der Waals surface area contributed by atoms with Gasteiger partial charge in [-0.2, -0.15) is 16.9 Å². The van der Waals surface area contributed by atoms with Gasteiger partial charge in [0.2, 0.25) is 5.91 Å². The van der Waals surface area contributed by atoms with E-state index in [9.17, 15) is 4.79 Å². The van der Waals surface area contributed by atoms with Gasteiger partial charge in [-0.25, -0.2) is 0 Å². The fourth-order valence-corrected chi connectivity index (χ4v) is 1.80. The maximum absolute atomic E-state index is 10.6. The second-order valence-corrected chi connectivity index (χ2v) is 4.51. The van der Waals surface area contributed by atoms with Crippen molar-refractivity contribution < 1.29 is 4.79 Å². The SMILES string of the molecule is CSCCCCNc1cnn(CC(N)=O)c1. The molecule has 5 nitrogen and oxygen atoms in total. The number of unbranched alkanes of at least 4 members (excludes halogenated alkanes) is 1. The summed E-state index contributed by atoms with van der Waals surface area (Å²) in [5, 5.41) is 7.27. The van der Waals surface area contributed by atoms with Gasteiger partial charge in [0, 0.05) is 12.7 Å². The molecule has 0 spiro atoms. The van der Waals surface area contributed by atoms with Gasteiger partial charge in [0.25, 0.3) is 0 Å². The molecule has 0 saturated carbocycles. The fourth-order valence-electron chi connectivity index (χ4n) is 1.31. The molecule has 1 aromatic rings. The smallest absolute Gasteiger partial charge is 0.239 e. The minimum absolute atomic E-state index is 0.133. The first kappa shape index (κ1) is 12.9. The van der Waals surface area contributed by atoms with Crippen LogP contribution in [0.25, 0.3) is 0 Å². The molecule has 0 aliphatic heterocycles. The number of rotatable bonds is 8. The summed E-state index contributed by atoms with van der Waals surface area (Å²) in [6.07, 6.45) is 7.96. The van der Waals surface area contributed by atoms with E-state index in [-0.39, 0.29) is 12.5 Å². The zero-order valence-electron chi connectivity index (χ0n) is 9.48. The van der Waals surface area contributed by atoms with Crippen LogP contribution in [0.15, 0.2) is 12.4 Å². The summed E-state index contributed by atoms with van der Waals surface area (Å²) >= 11 is 1.86. The topological polar surface area (TPSA) is 72.9 Å². The Labute approximate surface area is 99.8 Å². The van der Waals surface area contributed by atoms with Crippen molar-refractivity contribution in [2.24, 2.45) is 5.73 Å². The third-order valence-corrected chi connectivity index (χ3v) is 2.75. The van der Waals surface area contributed by atoms with Gasteiger partial charge in [-0.05, 0) is 24.9 Å². The summed E-state index contributed by atoms with van der Waals surface area (Å²) in [7, 11) is 0. The predicted octanol–water partition coefficient (Wildman–Crippen LogP) is 0.923. The number of hydrogen-bond donors (Lipinski definition) is 2. The number of nitrogens with one attached hydrogen (secondary N) is 1. The van der Waals surface area contributed by atoms with Crippen LogP contribution in [0, 0.1) is 0 Å². The van der Waals surface area contributed by atoms with Crippen molar-refractivity contribution in [3.63, 3.8) is 0 Å². The molecule has 3 N–H and O–H groups in total. The molecule has 0 aliphatic carbocycles. The minimum Gasteiger partial charge on any atom is -0.383 e. The van der Waals surface area contributed by atoms with Crippen LogP contribution in [-0.2, 0) is 11.3 Å². The molecule has 6 heteroatoms. The first-order valence-electron chi connectivity index (χ1n) is 5.26. The average Bonchev–Trinajstić information content (AvgIpc) is 2.64. The molecule has 0 unspecified atom stereocenters. The third-order valence-electron chi connectivity index (χ3n) is 2.06. The van der Waals surface area contributed by atoms with Gasteiger partial charge in [0.1, 0.15) is 6.54 Å². The van der Waals surface area contributed by atoms with E-state index in [4.69, 9.17) is 5.73 Å². The van der Waals surface area contributed by atoms with Crippen molar-refractivity contribution in [3.8, 4) is 0 Å². The Morgan fingerprint density at radius 1 is 1.62 bits per heavy atom. The lowest BCUT2D eigenvalue weighted by molar-refractivity contribution is -0.118. The van der Waals surface area contributed by atoms with Gasteiger partial charge in [-0.15, -0.1) is 0 Å². The number of carbonyl (C=O) groups is 1. The molecule has 0 aliphatic rings. The van der Waals surface area contributed by atoms with Gasteiger partial charge in [0.05, 0.1) is 11.9 Å². The van der Waals surface area contributed by atoms with Gasteiger partial charge in [-0.1, -0.05) is 0 Å². The number of nitrogens with two attached hydrogens (primary N) is 1. The molecule has 90 valence electrons. The standard InChI is InChI=1S/C10H18N4OS/c1-16-5-3-2-4-12-9-6-13-14(7-9)8-10(11)15/h6-7,12H,2-5,8H2,1H3,(H2,11,15). The number of thioether (sulfide) groups is 1. The molecule has 1 heterocycles. The molecule has 1 aromatic heterocycles. The number of anilines is 1. The van der Waals surface area contributed by atoms with Gasteiger partial charge in [-0.3, -0.25) is 9.48 Å². The van der Waals surface area contributed by atoms with E-state index < -0.39 is 0 Å². The van der Waals surface area contributed by atoms with E-state index in [1.165, 1.54) is 16.9 Å². The second-order valence-electron chi connectivity index (χ2n) is 3.52. The normalized spacial score (nSPS) is 10.3. The van der Waals surface area contributed by atoms with Crippen molar-refractivity contribution in [1.82, 2.24) is 9.78 Å². The van der Waals surface area contributed by atoms with Crippen LogP contribution in [0.5, 0.6) is 0 Å². The molecule has 1 amide bonds. The first-order valence-corrected chi connectivity index (χ1v) is 6.65. The molecular weight excluding hydrogens is 224 g/mol. The third kappa shape index (κ3) is 5.06. The fraction of sp³-hybridized carbons (Fsp3) is 0.600. The summed E-state index contributed by atoms with van der Waals surface area (Å²) in [6, 6.07) is 0. The maximum Gasteiger partial charge on any atom is 0.239 e. The summed E-state index contributed by atoms with van der Waals surface area (Å²) in [4.78, 5) is 10.6. The second kappa shape index (κ2) is 7.16. The summed E-state index contributed by atoms with van der Waals surface area (Å²) < 4.78 is 1.53. The summed E-state index contributed by atoms with van der Waals surface area (Å²) in [5.74, 6) is 0.817. The Hall–Kier alpha value is -1.17. The summed E-state index contributed by atoms with van der Waals surface area (Å²) in [6.45, 7) is 1.07. The highest BCUT2D eigenvalue weighted by Crippen LogP contribution is 2.05. The average molecular weight is 242 g/mol. The minimum atomic E-state index is -0.380. The molecule has 0 aromatic carbocycles. The van der Waals surface area contributed by atoms with Crippen LogP contribution in [0.1, 0.15) is 12.8 Å². The number of nitrogens with zero attached hydrogens (tertiary/aromatic N) is 2. The Balaban J connectivity index is 2.21. The van der Waals surface area contributed by atoms with Crippen molar-refractivity contribution in [3.05, 3.63) is 12.4 Å². The van der Waals surface area contributed by atoms with Gasteiger partial charge < -0.3 is 11.1 Å². The molecule has 16 heavy (non-hydrogen) atoms. The molecule has 0 fully saturated rings.